The molecule has 6 heteroatoms. The van der Waals surface area contributed by atoms with E-state index in [1.807, 2.05) is 24.3 Å². The number of thioether (sulfide) groups is 1. The summed E-state index contributed by atoms with van der Waals surface area (Å²) in [6, 6.07) is 14.3. The van der Waals surface area contributed by atoms with Crippen molar-refractivity contribution >= 4 is 23.4 Å². The third kappa shape index (κ3) is 5.85. The SMILES string of the molecule is O=C(CN1CCOCC1)Nc1ccc(SCc2ccc(F)cc2)cc1. The van der Waals surface area contributed by atoms with Crippen LogP contribution in [0.4, 0.5) is 10.1 Å². The standard InChI is InChI=1S/C19H21FN2O2S/c20-16-3-1-15(2-4-16)14-25-18-7-5-17(6-8-18)21-19(23)13-22-9-11-24-12-10-22/h1-8H,9-14H2,(H,21,23). The zero-order valence-corrected chi connectivity index (χ0v) is 14.7. The van der Waals surface area contributed by atoms with Crippen molar-refractivity contribution < 1.29 is 13.9 Å². The molecule has 1 amide bonds. The number of carbonyl (C=O) groups is 1. The number of hydrogen-bond donors (Lipinski definition) is 1. The number of benzene rings is 2. The first kappa shape index (κ1) is 17.9. The minimum absolute atomic E-state index is 0.00591. The van der Waals surface area contributed by atoms with Gasteiger partial charge in [0.05, 0.1) is 19.8 Å². The summed E-state index contributed by atoms with van der Waals surface area (Å²) in [7, 11) is 0. The molecule has 4 nitrogen and oxygen atoms in total. The van der Waals surface area contributed by atoms with E-state index < -0.39 is 0 Å². The Morgan fingerprint density at radius 1 is 1.08 bits per heavy atom. The molecule has 2 aromatic carbocycles. The van der Waals surface area contributed by atoms with Crippen LogP contribution in [0, 0.1) is 5.82 Å². The summed E-state index contributed by atoms with van der Waals surface area (Å²) in [5.74, 6) is 0.558. The van der Waals surface area contributed by atoms with E-state index in [1.165, 1.54) is 12.1 Å². The molecule has 132 valence electrons. The molecule has 0 aliphatic carbocycles. The number of hydrogen-bond acceptors (Lipinski definition) is 4. The number of anilines is 1. The van der Waals surface area contributed by atoms with Crippen LogP contribution in [0.25, 0.3) is 0 Å². The van der Waals surface area contributed by atoms with Gasteiger partial charge in [0.15, 0.2) is 0 Å². The number of halogens is 1. The van der Waals surface area contributed by atoms with Crippen molar-refractivity contribution in [3.8, 4) is 0 Å². The number of carbonyl (C=O) groups excluding carboxylic acids is 1. The van der Waals surface area contributed by atoms with Crippen LogP contribution in [0.1, 0.15) is 5.56 Å². The Bertz CT molecular complexity index is 686. The van der Waals surface area contributed by atoms with Gasteiger partial charge in [-0.25, -0.2) is 4.39 Å². The van der Waals surface area contributed by atoms with Gasteiger partial charge in [0, 0.05) is 29.4 Å². The van der Waals surface area contributed by atoms with E-state index >= 15 is 0 Å². The highest BCUT2D eigenvalue weighted by molar-refractivity contribution is 7.98. The lowest BCUT2D eigenvalue weighted by Crippen LogP contribution is -2.41. The van der Waals surface area contributed by atoms with Crippen molar-refractivity contribution in [2.45, 2.75) is 10.6 Å². The number of rotatable bonds is 6. The molecule has 0 bridgehead atoms. The van der Waals surface area contributed by atoms with Crippen LogP contribution in [0.3, 0.4) is 0 Å². The molecule has 0 spiro atoms. The monoisotopic (exact) mass is 360 g/mol. The minimum atomic E-state index is -0.217. The molecule has 25 heavy (non-hydrogen) atoms. The second-order valence-electron chi connectivity index (χ2n) is 5.88. The fourth-order valence-electron chi connectivity index (χ4n) is 2.54. The largest absolute Gasteiger partial charge is 0.379 e. The molecule has 1 N–H and O–H groups in total. The Hall–Kier alpha value is -1.89. The van der Waals surface area contributed by atoms with E-state index in [-0.39, 0.29) is 11.7 Å². The van der Waals surface area contributed by atoms with Crippen LogP contribution in [0.5, 0.6) is 0 Å². The maximum Gasteiger partial charge on any atom is 0.238 e. The second-order valence-corrected chi connectivity index (χ2v) is 6.92. The van der Waals surface area contributed by atoms with Crippen LogP contribution < -0.4 is 5.32 Å². The molecule has 1 heterocycles. The van der Waals surface area contributed by atoms with Crippen LogP contribution in [-0.2, 0) is 15.3 Å². The molecule has 1 fully saturated rings. The van der Waals surface area contributed by atoms with Crippen molar-refractivity contribution in [2.24, 2.45) is 0 Å². The average Bonchev–Trinajstić information content (AvgIpc) is 2.63. The van der Waals surface area contributed by atoms with E-state index in [0.29, 0.717) is 19.8 Å². The smallest absolute Gasteiger partial charge is 0.238 e. The Balaban J connectivity index is 1.46. The van der Waals surface area contributed by atoms with E-state index in [0.717, 1.165) is 35.0 Å². The van der Waals surface area contributed by atoms with Crippen molar-refractivity contribution in [2.75, 3.05) is 38.2 Å². The van der Waals surface area contributed by atoms with Gasteiger partial charge in [-0.3, -0.25) is 9.69 Å². The molecule has 0 radical (unpaired) electrons. The van der Waals surface area contributed by atoms with Crippen LogP contribution in [-0.4, -0.2) is 43.7 Å². The third-order valence-corrected chi connectivity index (χ3v) is 5.01. The summed E-state index contributed by atoms with van der Waals surface area (Å²) in [5, 5.41) is 2.92. The lowest BCUT2D eigenvalue weighted by molar-refractivity contribution is -0.118. The first-order chi connectivity index (χ1) is 12.2. The molecule has 0 unspecified atom stereocenters. The lowest BCUT2D eigenvalue weighted by atomic mass is 10.2. The Labute approximate surface area is 151 Å². The molecule has 2 aromatic rings. The average molecular weight is 360 g/mol. The second kappa shape index (κ2) is 8.99. The van der Waals surface area contributed by atoms with Crippen LogP contribution in [0.2, 0.25) is 0 Å². The molecule has 1 aliphatic rings. The maximum absolute atomic E-state index is 12.9. The number of ether oxygens (including phenoxy) is 1. The van der Waals surface area contributed by atoms with E-state index in [1.54, 1.807) is 23.9 Å². The maximum atomic E-state index is 12.9. The van der Waals surface area contributed by atoms with Gasteiger partial charge in [-0.2, -0.15) is 0 Å². The van der Waals surface area contributed by atoms with Gasteiger partial charge in [0.2, 0.25) is 5.91 Å². The quantitative estimate of drug-likeness (QED) is 0.802. The van der Waals surface area contributed by atoms with Gasteiger partial charge in [-0.1, -0.05) is 12.1 Å². The Kier molecular flexibility index (Phi) is 6.44. The molecule has 0 aromatic heterocycles. The summed E-state index contributed by atoms with van der Waals surface area (Å²) < 4.78 is 18.2. The van der Waals surface area contributed by atoms with Crippen LogP contribution >= 0.6 is 11.8 Å². The zero-order chi connectivity index (χ0) is 17.5. The number of nitrogens with zero attached hydrogens (tertiary/aromatic N) is 1. The number of nitrogens with one attached hydrogen (secondary N) is 1. The topological polar surface area (TPSA) is 41.6 Å². The highest BCUT2D eigenvalue weighted by atomic mass is 32.2. The van der Waals surface area contributed by atoms with Crippen molar-refractivity contribution in [3.63, 3.8) is 0 Å². The van der Waals surface area contributed by atoms with Crippen molar-refractivity contribution in [1.82, 2.24) is 4.90 Å². The highest BCUT2D eigenvalue weighted by Crippen LogP contribution is 2.24. The lowest BCUT2D eigenvalue weighted by Gasteiger charge is -2.25. The summed E-state index contributed by atoms with van der Waals surface area (Å²) in [6.45, 7) is 3.36. The Morgan fingerprint density at radius 2 is 1.76 bits per heavy atom. The summed E-state index contributed by atoms with van der Waals surface area (Å²) in [5.41, 5.74) is 1.87. The van der Waals surface area contributed by atoms with E-state index in [2.05, 4.69) is 10.2 Å². The van der Waals surface area contributed by atoms with Gasteiger partial charge in [0.1, 0.15) is 5.82 Å². The molecule has 0 saturated carbocycles. The molecule has 3 rings (SSSR count). The zero-order valence-electron chi connectivity index (χ0n) is 13.9. The number of amides is 1. The van der Waals surface area contributed by atoms with Crippen LogP contribution in [0.15, 0.2) is 53.4 Å². The predicted molar refractivity (Wildman–Crippen MR) is 98.3 cm³/mol. The van der Waals surface area contributed by atoms with Crippen molar-refractivity contribution in [3.05, 3.63) is 59.9 Å². The fourth-order valence-corrected chi connectivity index (χ4v) is 3.40. The van der Waals surface area contributed by atoms with E-state index in [9.17, 15) is 9.18 Å². The van der Waals surface area contributed by atoms with Gasteiger partial charge in [0.25, 0.3) is 0 Å². The van der Waals surface area contributed by atoms with Gasteiger partial charge < -0.3 is 10.1 Å². The predicted octanol–water partition coefficient (Wildman–Crippen LogP) is 3.39. The molecule has 1 aliphatic heterocycles. The number of morpholine rings is 1. The normalized spacial score (nSPS) is 15.1. The molecule has 0 atom stereocenters. The highest BCUT2D eigenvalue weighted by Gasteiger charge is 2.14. The van der Waals surface area contributed by atoms with Gasteiger partial charge in [-0.15, -0.1) is 11.8 Å². The first-order valence-electron chi connectivity index (χ1n) is 8.26. The molecule has 1 saturated heterocycles. The van der Waals surface area contributed by atoms with Crippen molar-refractivity contribution in [1.29, 1.82) is 0 Å². The summed E-state index contributed by atoms with van der Waals surface area (Å²) in [4.78, 5) is 15.3. The molecular formula is C19H21FN2O2S. The molecular weight excluding hydrogens is 339 g/mol. The first-order valence-corrected chi connectivity index (χ1v) is 9.25. The summed E-state index contributed by atoms with van der Waals surface area (Å²) >= 11 is 1.68. The van der Waals surface area contributed by atoms with Gasteiger partial charge >= 0.3 is 0 Å². The van der Waals surface area contributed by atoms with E-state index in [4.69, 9.17) is 4.74 Å². The van der Waals surface area contributed by atoms with Gasteiger partial charge in [-0.05, 0) is 42.0 Å². The minimum Gasteiger partial charge on any atom is -0.379 e. The summed E-state index contributed by atoms with van der Waals surface area (Å²) in [6.07, 6.45) is 0. The Morgan fingerprint density at radius 3 is 2.44 bits per heavy atom. The third-order valence-electron chi connectivity index (χ3n) is 3.93. The fraction of sp³-hybridized carbons (Fsp3) is 0.316.